The highest BCUT2D eigenvalue weighted by atomic mass is 35.5. The normalized spacial score (nSPS) is 13.0. The Labute approximate surface area is 118 Å². The largest absolute Gasteiger partial charge is 0.464 e. The molecule has 2 aromatic rings. The minimum atomic E-state index is -1.20. The average molecular weight is 294 g/mol. The van der Waals surface area contributed by atoms with E-state index in [0.29, 0.717) is 22.0 Å². The number of hydrogen-bond acceptors (Lipinski definition) is 3. The van der Waals surface area contributed by atoms with Crippen LogP contribution in [0.15, 0.2) is 30.5 Å². The lowest BCUT2D eigenvalue weighted by Crippen LogP contribution is -2.25. The lowest BCUT2D eigenvalue weighted by molar-refractivity contribution is 0.204. The van der Waals surface area contributed by atoms with Gasteiger partial charge in [0, 0.05) is 17.1 Å². The molecule has 1 amide bonds. The van der Waals surface area contributed by atoms with E-state index in [4.69, 9.17) is 11.6 Å². The van der Waals surface area contributed by atoms with Crippen molar-refractivity contribution in [3.8, 4) is 0 Å². The number of halogens is 2. The van der Waals surface area contributed by atoms with Gasteiger partial charge >= 0.3 is 6.09 Å². The van der Waals surface area contributed by atoms with Crippen LogP contribution in [0.4, 0.5) is 26.4 Å². The van der Waals surface area contributed by atoms with Crippen molar-refractivity contribution in [1.29, 1.82) is 0 Å². The third-order valence-corrected chi connectivity index (χ3v) is 3.22. The van der Waals surface area contributed by atoms with Crippen LogP contribution in [-0.2, 0) is 6.54 Å². The summed E-state index contributed by atoms with van der Waals surface area (Å²) >= 11 is 5.91. The molecule has 102 valence electrons. The second kappa shape index (κ2) is 4.64. The first-order valence-electron chi connectivity index (χ1n) is 5.77. The standard InChI is InChI=1S/C13H9ClFN3O2/c14-8-1-2-11-10(4-8)16-5-7-3-9(15)6-17-12(7)18(11)13(19)20/h1-4,6,16H,5H2,(H,19,20). The van der Waals surface area contributed by atoms with E-state index in [9.17, 15) is 14.3 Å². The Morgan fingerprint density at radius 3 is 3.00 bits per heavy atom. The number of pyridine rings is 1. The molecule has 1 aromatic heterocycles. The van der Waals surface area contributed by atoms with E-state index in [1.807, 2.05) is 0 Å². The van der Waals surface area contributed by atoms with Gasteiger partial charge in [0.05, 0.1) is 17.6 Å². The van der Waals surface area contributed by atoms with E-state index in [-0.39, 0.29) is 12.4 Å². The summed E-state index contributed by atoms with van der Waals surface area (Å²) in [7, 11) is 0. The number of carbonyl (C=O) groups is 1. The molecule has 0 saturated heterocycles. The zero-order valence-corrected chi connectivity index (χ0v) is 10.9. The lowest BCUT2D eigenvalue weighted by atomic mass is 10.2. The van der Waals surface area contributed by atoms with Crippen LogP contribution in [0, 0.1) is 5.82 Å². The van der Waals surface area contributed by atoms with E-state index in [0.717, 1.165) is 11.1 Å². The minimum absolute atomic E-state index is 0.187. The van der Waals surface area contributed by atoms with Crippen molar-refractivity contribution in [2.24, 2.45) is 0 Å². The Kier molecular flexibility index (Phi) is 2.94. The van der Waals surface area contributed by atoms with Crippen molar-refractivity contribution in [2.75, 3.05) is 10.2 Å². The van der Waals surface area contributed by atoms with Crippen molar-refractivity contribution >= 4 is 34.9 Å². The van der Waals surface area contributed by atoms with E-state index in [1.165, 1.54) is 6.07 Å². The molecule has 0 unspecified atom stereocenters. The van der Waals surface area contributed by atoms with Crippen molar-refractivity contribution in [2.45, 2.75) is 6.54 Å². The third-order valence-electron chi connectivity index (χ3n) is 2.98. The molecule has 7 heteroatoms. The first kappa shape index (κ1) is 12.7. The van der Waals surface area contributed by atoms with Gasteiger partial charge in [-0.05, 0) is 24.3 Å². The highest BCUT2D eigenvalue weighted by molar-refractivity contribution is 6.31. The summed E-state index contributed by atoms with van der Waals surface area (Å²) in [6.45, 7) is 0.261. The topological polar surface area (TPSA) is 65.5 Å². The van der Waals surface area contributed by atoms with Crippen molar-refractivity contribution < 1.29 is 14.3 Å². The zero-order valence-electron chi connectivity index (χ0n) is 10.1. The van der Waals surface area contributed by atoms with Gasteiger partial charge in [-0.3, -0.25) is 0 Å². The van der Waals surface area contributed by atoms with E-state index < -0.39 is 11.9 Å². The summed E-state index contributed by atoms with van der Waals surface area (Å²) in [6, 6.07) is 6.05. The molecule has 2 heterocycles. The number of fused-ring (bicyclic) bond motifs is 2. The molecule has 0 saturated carbocycles. The van der Waals surface area contributed by atoms with Gasteiger partial charge in [-0.25, -0.2) is 19.1 Å². The second-order valence-electron chi connectivity index (χ2n) is 4.27. The molecular formula is C13H9ClFN3O2. The predicted octanol–water partition coefficient (Wildman–Crippen LogP) is 3.62. The molecule has 1 aromatic carbocycles. The Morgan fingerprint density at radius 2 is 2.25 bits per heavy atom. The molecule has 2 N–H and O–H groups in total. The van der Waals surface area contributed by atoms with Crippen LogP contribution in [0.3, 0.4) is 0 Å². The smallest absolute Gasteiger partial charge is 0.417 e. The molecular weight excluding hydrogens is 285 g/mol. The fraction of sp³-hybridized carbons (Fsp3) is 0.0769. The number of nitrogens with one attached hydrogen (secondary N) is 1. The SMILES string of the molecule is O=C(O)N1c2ccc(Cl)cc2NCc2cc(F)cnc21. The first-order valence-corrected chi connectivity index (χ1v) is 6.15. The molecule has 3 rings (SSSR count). The molecule has 1 aliphatic heterocycles. The van der Waals surface area contributed by atoms with E-state index in [2.05, 4.69) is 10.3 Å². The summed E-state index contributed by atoms with van der Waals surface area (Å²) in [5.41, 5.74) is 1.41. The van der Waals surface area contributed by atoms with Gasteiger partial charge in [-0.15, -0.1) is 0 Å². The molecule has 5 nitrogen and oxygen atoms in total. The van der Waals surface area contributed by atoms with Gasteiger partial charge < -0.3 is 10.4 Å². The van der Waals surface area contributed by atoms with E-state index in [1.54, 1.807) is 18.2 Å². The van der Waals surface area contributed by atoms with Crippen molar-refractivity contribution in [3.05, 3.63) is 46.9 Å². The number of aromatic nitrogens is 1. The van der Waals surface area contributed by atoms with Gasteiger partial charge in [0.2, 0.25) is 0 Å². The highest BCUT2D eigenvalue weighted by Gasteiger charge is 2.27. The van der Waals surface area contributed by atoms with Gasteiger partial charge in [-0.2, -0.15) is 0 Å². The number of rotatable bonds is 0. The summed E-state index contributed by atoms with van der Waals surface area (Å²) in [5, 5.41) is 12.9. The highest BCUT2D eigenvalue weighted by Crippen LogP contribution is 2.38. The molecule has 20 heavy (non-hydrogen) atoms. The van der Waals surface area contributed by atoms with Crippen LogP contribution < -0.4 is 10.2 Å². The lowest BCUT2D eigenvalue weighted by Gasteiger charge is -2.19. The Bertz CT molecular complexity index is 655. The third kappa shape index (κ3) is 2.04. The zero-order chi connectivity index (χ0) is 14.3. The summed E-state index contributed by atoms with van der Waals surface area (Å²) in [5.74, 6) is -0.327. The minimum Gasteiger partial charge on any atom is -0.464 e. The van der Waals surface area contributed by atoms with Crippen molar-refractivity contribution in [3.63, 3.8) is 0 Å². The summed E-state index contributed by atoms with van der Waals surface area (Å²) in [6.07, 6.45) is -0.201. The fourth-order valence-electron chi connectivity index (χ4n) is 2.15. The molecule has 0 fully saturated rings. The quantitative estimate of drug-likeness (QED) is 0.778. The van der Waals surface area contributed by atoms with E-state index >= 15 is 0 Å². The molecule has 0 spiro atoms. The van der Waals surface area contributed by atoms with Gasteiger partial charge in [0.1, 0.15) is 11.6 Å². The van der Waals surface area contributed by atoms with Crippen LogP contribution in [-0.4, -0.2) is 16.2 Å². The molecule has 1 aliphatic rings. The second-order valence-corrected chi connectivity index (χ2v) is 4.71. The maximum absolute atomic E-state index is 13.3. The average Bonchev–Trinajstić information content (AvgIpc) is 2.55. The number of nitrogens with zero attached hydrogens (tertiary/aromatic N) is 2. The van der Waals surface area contributed by atoms with Crippen LogP contribution in [0.2, 0.25) is 5.02 Å². The maximum Gasteiger partial charge on any atom is 0.417 e. The van der Waals surface area contributed by atoms with Crippen LogP contribution in [0.1, 0.15) is 5.56 Å². The van der Waals surface area contributed by atoms with Crippen LogP contribution >= 0.6 is 11.6 Å². The molecule has 0 bridgehead atoms. The number of anilines is 3. The maximum atomic E-state index is 13.3. The Morgan fingerprint density at radius 1 is 1.45 bits per heavy atom. The molecule has 0 radical (unpaired) electrons. The summed E-state index contributed by atoms with van der Waals surface area (Å²) < 4.78 is 13.3. The number of amides is 1. The van der Waals surface area contributed by atoms with Crippen molar-refractivity contribution in [1.82, 2.24) is 4.98 Å². The monoisotopic (exact) mass is 293 g/mol. The number of carboxylic acid groups (broad SMARTS) is 1. The fourth-order valence-corrected chi connectivity index (χ4v) is 2.32. The number of benzene rings is 1. The first-order chi connectivity index (χ1) is 9.56. The molecule has 0 atom stereocenters. The Hall–Kier alpha value is -2.34. The Balaban J connectivity index is 2.23. The van der Waals surface area contributed by atoms with Gasteiger partial charge in [0.25, 0.3) is 0 Å². The predicted molar refractivity (Wildman–Crippen MR) is 73.1 cm³/mol. The molecule has 0 aliphatic carbocycles. The summed E-state index contributed by atoms with van der Waals surface area (Å²) in [4.78, 5) is 16.4. The van der Waals surface area contributed by atoms with Gasteiger partial charge in [-0.1, -0.05) is 11.6 Å². The van der Waals surface area contributed by atoms with Crippen LogP contribution in [0.25, 0.3) is 0 Å². The van der Waals surface area contributed by atoms with Crippen LogP contribution in [0.5, 0.6) is 0 Å². The number of hydrogen-bond donors (Lipinski definition) is 2. The van der Waals surface area contributed by atoms with Gasteiger partial charge in [0.15, 0.2) is 0 Å².